The second kappa shape index (κ2) is 8.99. The zero-order valence-corrected chi connectivity index (χ0v) is 15.6. The van der Waals surface area contributed by atoms with E-state index in [1.54, 1.807) is 42.5 Å². The molecule has 1 atom stereocenters. The molecule has 0 fully saturated rings. The van der Waals surface area contributed by atoms with Crippen molar-refractivity contribution < 1.29 is 14.3 Å². The lowest BCUT2D eigenvalue weighted by Crippen LogP contribution is -2.32. The van der Waals surface area contributed by atoms with Gasteiger partial charge in [0.15, 0.2) is 0 Å². The lowest BCUT2D eigenvalue weighted by molar-refractivity contribution is 0.0934. The summed E-state index contributed by atoms with van der Waals surface area (Å²) in [5, 5.41) is 5.60. The van der Waals surface area contributed by atoms with Crippen LogP contribution >= 0.6 is 0 Å². The maximum atomic E-state index is 12.4. The van der Waals surface area contributed by atoms with Gasteiger partial charge in [-0.1, -0.05) is 13.0 Å². The third-order valence-electron chi connectivity index (χ3n) is 3.69. The number of carbonyl (C=O) groups excluding carboxylic acids is 2. The molecule has 0 spiro atoms. The molecule has 1 aromatic heterocycles. The highest BCUT2D eigenvalue weighted by Crippen LogP contribution is 2.17. The van der Waals surface area contributed by atoms with Crippen LogP contribution in [0.1, 0.15) is 55.1 Å². The molecule has 6 heteroatoms. The Balaban J connectivity index is 2.05. The van der Waals surface area contributed by atoms with E-state index in [2.05, 4.69) is 15.6 Å². The average Bonchev–Trinajstić information content (AvgIpc) is 2.62. The quantitative estimate of drug-likeness (QED) is 0.794. The van der Waals surface area contributed by atoms with Crippen LogP contribution in [0, 0.1) is 0 Å². The molecule has 6 nitrogen and oxygen atoms in total. The van der Waals surface area contributed by atoms with E-state index in [0.717, 1.165) is 12.2 Å². The first-order chi connectivity index (χ1) is 12.4. The van der Waals surface area contributed by atoms with Crippen molar-refractivity contribution in [1.82, 2.24) is 10.3 Å². The van der Waals surface area contributed by atoms with E-state index >= 15 is 0 Å². The lowest BCUT2D eigenvalue weighted by Gasteiger charge is -2.12. The second-order valence-electron chi connectivity index (χ2n) is 6.34. The van der Waals surface area contributed by atoms with Gasteiger partial charge in [0.1, 0.15) is 17.1 Å². The molecular weight excluding hydrogens is 330 g/mol. The molecule has 1 heterocycles. The SMILES string of the molecule is CCC(C)NC(=O)c1cccc(C(=O)Nc2ccc(OC(C)C)cc2)n1. The van der Waals surface area contributed by atoms with Gasteiger partial charge in [0, 0.05) is 11.7 Å². The molecule has 0 saturated heterocycles. The van der Waals surface area contributed by atoms with Gasteiger partial charge in [0.2, 0.25) is 0 Å². The zero-order valence-electron chi connectivity index (χ0n) is 15.6. The van der Waals surface area contributed by atoms with Gasteiger partial charge < -0.3 is 15.4 Å². The Kier molecular flexibility index (Phi) is 6.72. The molecule has 2 rings (SSSR count). The normalized spacial score (nSPS) is 11.7. The Hall–Kier alpha value is -2.89. The molecule has 1 aromatic carbocycles. The van der Waals surface area contributed by atoms with E-state index in [1.165, 1.54) is 0 Å². The fourth-order valence-corrected chi connectivity index (χ4v) is 2.17. The minimum atomic E-state index is -0.374. The molecule has 0 saturated carbocycles. The van der Waals surface area contributed by atoms with Gasteiger partial charge in [-0.15, -0.1) is 0 Å². The van der Waals surface area contributed by atoms with Crippen LogP contribution in [0.25, 0.3) is 0 Å². The summed E-state index contributed by atoms with van der Waals surface area (Å²) >= 11 is 0. The molecule has 0 bridgehead atoms. The standard InChI is InChI=1S/C20H25N3O3/c1-5-14(4)21-19(24)17-7-6-8-18(23-17)20(25)22-15-9-11-16(12-10-15)26-13(2)3/h6-14H,5H2,1-4H3,(H,21,24)(H,22,25). The number of nitrogens with zero attached hydrogens (tertiary/aromatic N) is 1. The summed E-state index contributed by atoms with van der Waals surface area (Å²) in [6.45, 7) is 7.80. The molecule has 26 heavy (non-hydrogen) atoms. The molecular formula is C20H25N3O3. The summed E-state index contributed by atoms with van der Waals surface area (Å²) in [5.74, 6) is 0.0738. The van der Waals surface area contributed by atoms with Crippen LogP contribution in [0.4, 0.5) is 5.69 Å². The van der Waals surface area contributed by atoms with Gasteiger partial charge in [-0.25, -0.2) is 4.98 Å². The van der Waals surface area contributed by atoms with E-state index in [1.807, 2.05) is 27.7 Å². The Morgan fingerprint density at radius 1 is 1.00 bits per heavy atom. The van der Waals surface area contributed by atoms with E-state index in [9.17, 15) is 9.59 Å². The van der Waals surface area contributed by atoms with Gasteiger partial charge in [-0.05, 0) is 63.6 Å². The number of rotatable bonds is 7. The molecule has 0 radical (unpaired) electrons. The number of benzene rings is 1. The van der Waals surface area contributed by atoms with Crippen LogP contribution in [0.5, 0.6) is 5.75 Å². The number of carbonyl (C=O) groups is 2. The van der Waals surface area contributed by atoms with E-state index in [4.69, 9.17) is 4.74 Å². The summed E-state index contributed by atoms with van der Waals surface area (Å²) in [4.78, 5) is 28.7. The zero-order chi connectivity index (χ0) is 19.1. The topological polar surface area (TPSA) is 80.3 Å². The first-order valence-corrected chi connectivity index (χ1v) is 8.75. The summed E-state index contributed by atoms with van der Waals surface area (Å²) in [6.07, 6.45) is 0.909. The molecule has 138 valence electrons. The lowest BCUT2D eigenvalue weighted by atomic mass is 10.2. The summed E-state index contributed by atoms with van der Waals surface area (Å²) < 4.78 is 5.57. The Morgan fingerprint density at radius 2 is 1.62 bits per heavy atom. The van der Waals surface area contributed by atoms with Crippen LogP contribution in [0.3, 0.4) is 0 Å². The van der Waals surface area contributed by atoms with Gasteiger partial charge in [0.25, 0.3) is 11.8 Å². The highest BCUT2D eigenvalue weighted by atomic mass is 16.5. The van der Waals surface area contributed by atoms with Crippen molar-refractivity contribution in [1.29, 1.82) is 0 Å². The number of amides is 2. The number of nitrogens with one attached hydrogen (secondary N) is 2. The van der Waals surface area contributed by atoms with Gasteiger partial charge in [-0.2, -0.15) is 0 Å². The fourth-order valence-electron chi connectivity index (χ4n) is 2.17. The first-order valence-electron chi connectivity index (χ1n) is 8.75. The number of hydrogen-bond donors (Lipinski definition) is 2. The van der Waals surface area contributed by atoms with Crippen molar-refractivity contribution in [2.75, 3.05) is 5.32 Å². The van der Waals surface area contributed by atoms with Crippen LogP contribution in [-0.4, -0.2) is 28.9 Å². The number of aromatic nitrogens is 1. The average molecular weight is 355 g/mol. The van der Waals surface area contributed by atoms with Crippen molar-refractivity contribution in [3.05, 3.63) is 53.9 Å². The van der Waals surface area contributed by atoms with Crippen LogP contribution < -0.4 is 15.4 Å². The van der Waals surface area contributed by atoms with Crippen LogP contribution in [0.2, 0.25) is 0 Å². The van der Waals surface area contributed by atoms with E-state index in [0.29, 0.717) is 5.69 Å². The third-order valence-corrected chi connectivity index (χ3v) is 3.69. The molecule has 2 amide bonds. The maximum absolute atomic E-state index is 12.4. The first kappa shape index (κ1) is 19.4. The smallest absolute Gasteiger partial charge is 0.274 e. The maximum Gasteiger partial charge on any atom is 0.274 e. The largest absolute Gasteiger partial charge is 0.491 e. The number of anilines is 1. The minimum Gasteiger partial charge on any atom is -0.491 e. The fraction of sp³-hybridized carbons (Fsp3) is 0.350. The number of ether oxygens (including phenoxy) is 1. The summed E-state index contributed by atoms with van der Waals surface area (Å²) in [5.41, 5.74) is 1.03. The minimum absolute atomic E-state index is 0.0494. The Bertz CT molecular complexity index is 757. The predicted octanol–water partition coefficient (Wildman–Crippen LogP) is 3.65. The number of hydrogen-bond acceptors (Lipinski definition) is 4. The van der Waals surface area contributed by atoms with Crippen molar-refractivity contribution in [2.24, 2.45) is 0 Å². The van der Waals surface area contributed by atoms with E-state index in [-0.39, 0.29) is 35.3 Å². The molecule has 2 N–H and O–H groups in total. The Morgan fingerprint density at radius 3 is 2.19 bits per heavy atom. The monoisotopic (exact) mass is 355 g/mol. The van der Waals surface area contributed by atoms with Crippen molar-refractivity contribution >= 4 is 17.5 Å². The molecule has 2 aromatic rings. The van der Waals surface area contributed by atoms with Gasteiger partial charge in [0.05, 0.1) is 6.10 Å². The summed E-state index contributed by atoms with van der Waals surface area (Å²) in [6, 6.07) is 12.0. The second-order valence-corrected chi connectivity index (χ2v) is 6.34. The highest BCUT2D eigenvalue weighted by Gasteiger charge is 2.14. The van der Waals surface area contributed by atoms with Crippen LogP contribution in [-0.2, 0) is 0 Å². The number of pyridine rings is 1. The third kappa shape index (κ3) is 5.58. The van der Waals surface area contributed by atoms with Crippen molar-refractivity contribution in [2.45, 2.75) is 46.3 Å². The van der Waals surface area contributed by atoms with E-state index < -0.39 is 0 Å². The van der Waals surface area contributed by atoms with Crippen LogP contribution in [0.15, 0.2) is 42.5 Å². The summed E-state index contributed by atoms with van der Waals surface area (Å²) in [7, 11) is 0. The van der Waals surface area contributed by atoms with Crippen molar-refractivity contribution in [3.63, 3.8) is 0 Å². The predicted molar refractivity (Wildman–Crippen MR) is 102 cm³/mol. The molecule has 0 aliphatic carbocycles. The molecule has 0 aliphatic rings. The highest BCUT2D eigenvalue weighted by molar-refractivity contribution is 6.03. The van der Waals surface area contributed by atoms with Gasteiger partial charge in [-0.3, -0.25) is 9.59 Å². The molecule has 0 aliphatic heterocycles. The molecule has 1 unspecified atom stereocenters. The Labute approximate surface area is 154 Å². The van der Waals surface area contributed by atoms with Crippen molar-refractivity contribution in [3.8, 4) is 5.75 Å². The van der Waals surface area contributed by atoms with Gasteiger partial charge >= 0.3 is 0 Å².